The van der Waals surface area contributed by atoms with Gasteiger partial charge in [0, 0.05) is 44.4 Å². The molecule has 2 amide bonds. The Morgan fingerprint density at radius 1 is 0.521 bits per heavy atom. The molecule has 0 atom stereocenters. The van der Waals surface area contributed by atoms with Gasteiger partial charge in [-0.05, 0) is 55.3 Å². The largest absolute Gasteiger partial charge is 0.309 e. The van der Waals surface area contributed by atoms with Crippen molar-refractivity contribution in [1.82, 2.24) is 20.0 Å². The van der Waals surface area contributed by atoms with Crippen LogP contribution in [0, 0.1) is 5.92 Å². The maximum atomic E-state index is 13.8. The van der Waals surface area contributed by atoms with Crippen LogP contribution in [0.2, 0.25) is 0 Å². The fraction of sp³-hybridized carbons (Fsp3) is 0.238. The van der Waals surface area contributed by atoms with Crippen molar-refractivity contribution in [3.05, 3.63) is 121 Å². The number of carbonyl (C=O) groups excluding carboxylic acids is 2. The number of rotatable bonds is 4. The van der Waals surface area contributed by atoms with E-state index < -0.39 is 0 Å². The molecular weight excluding hydrogens is 592 g/mol. The number of amides is 2. The first-order valence-electron chi connectivity index (χ1n) is 17.4. The maximum absolute atomic E-state index is 13.8. The summed E-state index contributed by atoms with van der Waals surface area (Å²) < 4.78 is 4.44. The van der Waals surface area contributed by atoms with E-state index in [4.69, 9.17) is 0 Å². The highest BCUT2D eigenvalue weighted by Crippen LogP contribution is 2.36. The molecule has 0 radical (unpaired) electrons. The molecule has 0 saturated heterocycles. The van der Waals surface area contributed by atoms with Crippen LogP contribution in [-0.4, -0.2) is 20.9 Å². The van der Waals surface area contributed by atoms with Gasteiger partial charge in [0.25, 0.3) is 5.91 Å². The quantitative estimate of drug-likeness (QED) is 0.189. The Kier molecular flexibility index (Phi) is 9.91. The van der Waals surface area contributed by atoms with Gasteiger partial charge in [0.15, 0.2) is 0 Å². The molecule has 0 spiro atoms. The lowest BCUT2D eigenvalue weighted by atomic mass is 9.89. The summed E-state index contributed by atoms with van der Waals surface area (Å²) in [5.74, 6) is -0.515. The fourth-order valence-corrected chi connectivity index (χ4v) is 7.04. The Hall–Kier alpha value is -5.36. The average molecular weight is 637 g/mol. The molecule has 1 aliphatic rings. The second-order valence-corrected chi connectivity index (χ2v) is 11.8. The van der Waals surface area contributed by atoms with Crippen LogP contribution in [0.1, 0.15) is 70.2 Å². The van der Waals surface area contributed by atoms with Crippen LogP contribution in [0.25, 0.3) is 55.0 Å². The van der Waals surface area contributed by atoms with Crippen LogP contribution in [-0.2, 0) is 4.79 Å². The zero-order chi connectivity index (χ0) is 33.6. The minimum atomic E-state index is -0.348. The van der Waals surface area contributed by atoms with Crippen molar-refractivity contribution in [2.75, 3.05) is 0 Å². The van der Waals surface area contributed by atoms with Crippen molar-refractivity contribution < 1.29 is 9.59 Å². The van der Waals surface area contributed by atoms with Crippen LogP contribution in [0.4, 0.5) is 0 Å². The SMILES string of the molecule is CC.CC.O=C(NNC(=O)C1CCCCC1)c1cc(-n2c3ccccc3c3ccccc32)cc(-n2c3ccccc3c3ccccc32)c1. The monoisotopic (exact) mass is 636 g/mol. The third kappa shape index (κ3) is 5.95. The molecular formula is C42H44N4O2. The van der Waals surface area contributed by atoms with Gasteiger partial charge in [0.1, 0.15) is 0 Å². The van der Waals surface area contributed by atoms with Crippen LogP contribution < -0.4 is 10.9 Å². The lowest BCUT2D eigenvalue weighted by molar-refractivity contribution is -0.126. The van der Waals surface area contributed by atoms with Crippen molar-refractivity contribution in [3.8, 4) is 11.4 Å². The number of para-hydroxylation sites is 4. The summed E-state index contributed by atoms with van der Waals surface area (Å²) in [5.41, 5.74) is 11.9. The van der Waals surface area contributed by atoms with Crippen molar-refractivity contribution in [3.63, 3.8) is 0 Å². The number of nitrogens with one attached hydrogen (secondary N) is 2. The van der Waals surface area contributed by atoms with Crippen LogP contribution in [0.3, 0.4) is 0 Å². The number of carbonyl (C=O) groups is 2. The maximum Gasteiger partial charge on any atom is 0.269 e. The molecule has 1 fully saturated rings. The average Bonchev–Trinajstić information content (AvgIpc) is 3.69. The van der Waals surface area contributed by atoms with Crippen molar-refractivity contribution >= 4 is 55.4 Å². The molecule has 48 heavy (non-hydrogen) atoms. The highest BCUT2D eigenvalue weighted by molar-refractivity contribution is 6.11. The first-order valence-corrected chi connectivity index (χ1v) is 17.4. The summed E-state index contributed by atoms with van der Waals surface area (Å²) in [4.78, 5) is 26.7. The summed E-state index contributed by atoms with van der Waals surface area (Å²) in [6, 6.07) is 39.4. The number of nitrogens with zero attached hydrogens (tertiary/aromatic N) is 2. The number of fused-ring (bicyclic) bond motifs is 6. The molecule has 0 aliphatic heterocycles. The second-order valence-electron chi connectivity index (χ2n) is 11.8. The molecule has 1 saturated carbocycles. The van der Waals surface area contributed by atoms with E-state index in [1.807, 2.05) is 64.1 Å². The summed E-state index contributed by atoms with van der Waals surface area (Å²) in [5, 5.41) is 4.60. The smallest absolute Gasteiger partial charge is 0.269 e. The molecule has 7 aromatic rings. The van der Waals surface area contributed by atoms with Gasteiger partial charge in [-0.2, -0.15) is 0 Å². The number of hydrazine groups is 1. The van der Waals surface area contributed by atoms with E-state index in [1.165, 1.54) is 0 Å². The summed E-state index contributed by atoms with van der Waals surface area (Å²) >= 11 is 0. The molecule has 6 nitrogen and oxygen atoms in total. The standard InChI is InChI=1S/C38H32N4O2.2C2H6/c43-37(25-12-2-1-3-13-25)39-40-38(44)26-22-27(41-33-18-8-4-14-29(33)30-15-5-9-19-34(30)41)24-28(23-26)42-35-20-10-6-16-31(35)32-17-7-11-21-36(32)42;2*1-2/h4-11,14-25H,1-3,12-13H2,(H,39,43)(H,40,44);2*1-2H3. The molecule has 8 rings (SSSR count). The predicted octanol–water partition coefficient (Wildman–Crippen LogP) is 10.3. The number of aromatic nitrogens is 2. The third-order valence-electron chi connectivity index (χ3n) is 9.12. The Bertz CT molecular complexity index is 1980. The van der Waals surface area contributed by atoms with E-state index in [9.17, 15) is 9.59 Å². The highest BCUT2D eigenvalue weighted by atomic mass is 16.2. The van der Waals surface area contributed by atoms with Crippen LogP contribution in [0.5, 0.6) is 0 Å². The Labute approximate surface area is 282 Å². The first-order chi connectivity index (χ1) is 23.7. The highest BCUT2D eigenvalue weighted by Gasteiger charge is 2.22. The molecule has 2 heterocycles. The van der Waals surface area contributed by atoms with Gasteiger partial charge in [0.2, 0.25) is 5.91 Å². The van der Waals surface area contributed by atoms with E-state index in [0.717, 1.165) is 87.1 Å². The van der Waals surface area contributed by atoms with Crippen molar-refractivity contribution in [1.29, 1.82) is 0 Å². The minimum Gasteiger partial charge on any atom is -0.309 e. The number of hydrogen-bond donors (Lipinski definition) is 2. The van der Waals surface area contributed by atoms with E-state index in [2.05, 4.69) is 98.8 Å². The van der Waals surface area contributed by atoms with Gasteiger partial charge in [-0.15, -0.1) is 0 Å². The van der Waals surface area contributed by atoms with Crippen molar-refractivity contribution in [2.45, 2.75) is 59.8 Å². The van der Waals surface area contributed by atoms with E-state index in [0.29, 0.717) is 5.56 Å². The van der Waals surface area contributed by atoms with Gasteiger partial charge in [-0.25, -0.2) is 0 Å². The lowest BCUT2D eigenvalue weighted by Crippen LogP contribution is -2.45. The first kappa shape index (κ1) is 32.6. The summed E-state index contributed by atoms with van der Waals surface area (Å²) in [6.07, 6.45) is 4.99. The zero-order valence-corrected chi connectivity index (χ0v) is 28.3. The van der Waals surface area contributed by atoms with Gasteiger partial charge in [0.05, 0.1) is 22.1 Å². The Balaban J connectivity index is 0.000000969. The summed E-state index contributed by atoms with van der Waals surface area (Å²) in [7, 11) is 0. The molecule has 0 unspecified atom stereocenters. The molecule has 5 aromatic carbocycles. The fourth-order valence-electron chi connectivity index (χ4n) is 7.04. The van der Waals surface area contributed by atoms with Gasteiger partial charge >= 0.3 is 0 Å². The molecule has 244 valence electrons. The van der Waals surface area contributed by atoms with E-state index >= 15 is 0 Å². The van der Waals surface area contributed by atoms with E-state index in [-0.39, 0.29) is 17.7 Å². The Morgan fingerprint density at radius 3 is 1.29 bits per heavy atom. The topological polar surface area (TPSA) is 68.1 Å². The molecule has 2 aromatic heterocycles. The minimum absolute atomic E-state index is 0.0545. The lowest BCUT2D eigenvalue weighted by Gasteiger charge is -2.21. The van der Waals surface area contributed by atoms with Crippen molar-refractivity contribution in [2.24, 2.45) is 5.92 Å². The number of benzene rings is 5. The van der Waals surface area contributed by atoms with Crippen LogP contribution in [0.15, 0.2) is 115 Å². The molecule has 2 N–H and O–H groups in total. The third-order valence-corrected chi connectivity index (χ3v) is 9.12. The van der Waals surface area contributed by atoms with Gasteiger partial charge in [-0.1, -0.05) is 120 Å². The van der Waals surface area contributed by atoms with Gasteiger partial charge in [-0.3, -0.25) is 20.4 Å². The predicted molar refractivity (Wildman–Crippen MR) is 200 cm³/mol. The molecule has 1 aliphatic carbocycles. The molecule has 0 bridgehead atoms. The number of hydrogen-bond acceptors (Lipinski definition) is 2. The van der Waals surface area contributed by atoms with E-state index in [1.54, 1.807) is 0 Å². The zero-order valence-electron chi connectivity index (χ0n) is 28.3. The second kappa shape index (κ2) is 14.6. The summed E-state index contributed by atoms with van der Waals surface area (Å²) in [6.45, 7) is 8.00. The normalized spacial score (nSPS) is 13.1. The molecule has 6 heteroatoms. The van der Waals surface area contributed by atoms with Gasteiger partial charge < -0.3 is 9.13 Å². The Morgan fingerprint density at radius 2 is 0.896 bits per heavy atom. The van der Waals surface area contributed by atoms with Crippen LogP contribution >= 0.6 is 0 Å².